The average molecular weight is 278 g/mol. The van der Waals surface area contributed by atoms with Crippen molar-refractivity contribution in [2.24, 2.45) is 5.73 Å². The minimum absolute atomic E-state index is 0.0717. The second-order valence-corrected chi connectivity index (χ2v) is 6.78. The summed E-state index contributed by atoms with van der Waals surface area (Å²) in [6.07, 6.45) is 0.694. The van der Waals surface area contributed by atoms with E-state index in [-0.39, 0.29) is 30.4 Å². The highest BCUT2D eigenvalue weighted by Crippen LogP contribution is 2.12. The summed E-state index contributed by atoms with van der Waals surface area (Å²) < 4.78 is 22.4. The number of carbonyl (C=O) groups is 2. The van der Waals surface area contributed by atoms with Crippen molar-refractivity contribution >= 4 is 21.7 Å². The van der Waals surface area contributed by atoms with Crippen molar-refractivity contribution in [2.75, 3.05) is 11.5 Å². The number of nitrogens with one attached hydrogen (secondary N) is 1. The lowest BCUT2D eigenvalue weighted by Crippen LogP contribution is -2.48. The summed E-state index contributed by atoms with van der Waals surface area (Å²) in [6, 6.07) is -1.04. The zero-order valence-corrected chi connectivity index (χ0v) is 10.8. The summed E-state index contributed by atoms with van der Waals surface area (Å²) in [5, 5.41) is 11.1. The van der Waals surface area contributed by atoms with Crippen LogP contribution in [0.5, 0.6) is 0 Å². The molecule has 0 aromatic rings. The number of carboxylic acid groups (broad SMARTS) is 1. The van der Waals surface area contributed by atoms with Gasteiger partial charge in [0, 0.05) is 12.5 Å². The molecule has 1 amide bonds. The fourth-order valence-electron chi connectivity index (χ4n) is 1.75. The van der Waals surface area contributed by atoms with Gasteiger partial charge in [0.05, 0.1) is 17.5 Å². The van der Waals surface area contributed by atoms with Gasteiger partial charge in [-0.1, -0.05) is 0 Å². The van der Waals surface area contributed by atoms with Crippen molar-refractivity contribution in [2.45, 2.75) is 37.8 Å². The van der Waals surface area contributed by atoms with Crippen LogP contribution < -0.4 is 11.1 Å². The van der Waals surface area contributed by atoms with E-state index >= 15 is 0 Å². The topological polar surface area (TPSA) is 127 Å². The Morgan fingerprint density at radius 2 is 1.89 bits per heavy atom. The fraction of sp³-hybridized carbons (Fsp3) is 0.800. The molecule has 1 atom stereocenters. The molecule has 0 aliphatic carbocycles. The number of carboxylic acids is 1. The Morgan fingerprint density at radius 3 is 2.39 bits per heavy atom. The molecule has 1 aliphatic heterocycles. The number of carbonyl (C=O) groups excluding carboxylic acids is 1. The Morgan fingerprint density at radius 1 is 1.33 bits per heavy atom. The van der Waals surface area contributed by atoms with Gasteiger partial charge in [-0.05, 0) is 19.3 Å². The molecule has 0 saturated carbocycles. The largest absolute Gasteiger partial charge is 0.481 e. The van der Waals surface area contributed by atoms with Gasteiger partial charge in [0.2, 0.25) is 5.91 Å². The number of amides is 1. The van der Waals surface area contributed by atoms with E-state index in [9.17, 15) is 18.0 Å². The first-order valence-corrected chi connectivity index (χ1v) is 7.60. The predicted molar refractivity (Wildman–Crippen MR) is 64.7 cm³/mol. The average Bonchev–Trinajstić information content (AvgIpc) is 2.28. The third-order valence-corrected chi connectivity index (χ3v) is 4.62. The number of aliphatic carboxylic acids is 1. The number of sulfone groups is 1. The molecule has 0 spiro atoms. The van der Waals surface area contributed by atoms with Gasteiger partial charge in [0.1, 0.15) is 9.84 Å². The van der Waals surface area contributed by atoms with Gasteiger partial charge in [0.25, 0.3) is 0 Å². The minimum Gasteiger partial charge on any atom is -0.481 e. The molecule has 0 aromatic carbocycles. The van der Waals surface area contributed by atoms with Gasteiger partial charge in [0.15, 0.2) is 0 Å². The molecule has 0 aromatic heterocycles. The Balaban J connectivity index is 2.34. The number of hydrogen-bond acceptors (Lipinski definition) is 5. The van der Waals surface area contributed by atoms with Gasteiger partial charge in [-0.3, -0.25) is 9.59 Å². The molecule has 1 heterocycles. The Bertz CT molecular complexity index is 406. The van der Waals surface area contributed by atoms with E-state index in [1.54, 1.807) is 0 Å². The van der Waals surface area contributed by atoms with Crippen molar-refractivity contribution in [3.8, 4) is 0 Å². The highest BCUT2D eigenvalue weighted by molar-refractivity contribution is 7.91. The minimum atomic E-state index is -2.95. The molecule has 1 aliphatic rings. The van der Waals surface area contributed by atoms with Crippen LogP contribution in [0, 0.1) is 0 Å². The van der Waals surface area contributed by atoms with Crippen molar-refractivity contribution in [1.82, 2.24) is 5.32 Å². The third-order valence-electron chi connectivity index (χ3n) is 2.91. The van der Waals surface area contributed by atoms with Crippen LogP contribution in [-0.2, 0) is 19.4 Å². The van der Waals surface area contributed by atoms with Crippen LogP contribution >= 0.6 is 0 Å². The molecule has 1 saturated heterocycles. The molecule has 18 heavy (non-hydrogen) atoms. The van der Waals surface area contributed by atoms with E-state index in [0.717, 1.165) is 0 Å². The van der Waals surface area contributed by atoms with Crippen molar-refractivity contribution in [3.63, 3.8) is 0 Å². The smallest absolute Gasteiger partial charge is 0.303 e. The highest BCUT2D eigenvalue weighted by atomic mass is 32.2. The molecule has 1 unspecified atom stereocenters. The van der Waals surface area contributed by atoms with Crippen LogP contribution in [0.15, 0.2) is 0 Å². The lowest BCUT2D eigenvalue weighted by atomic mass is 10.1. The summed E-state index contributed by atoms with van der Waals surface area (Å²) in [4.78, 5) is 21.9. The van der Waals surface area contributed by atoms with Crippen molar-refractivity contribution < 1.29 is 23.1 Å². The van der Waals surface area contributed by atoms with Crippen LogP contribution in [0.2, 0.25) is 0 Å². The maximum Gasteiger partial charge on any atom is 0.303 e. The second kappa shape index (κ2) is 6.14. The summed E-state index contributed by atoms with van der Waals surface area (Å²) >= 11 is 0. The van der Waals surface area contributed by atoms with Crippen LogP contribution in [0.25, 0.3) is 0 Å². The van der Waals surface area contributed by atoms with E-state index in [4.69, 9.17) is 10.8 Å². The lowest BCUT2D eigenvalue weighted by Gasteiger charge is -2.24. The normalized spacial score (nSPS) is 21.2. The fourth-order valence-corrected chi connectivity index (χ4v) is 3.24. The number of hydrogen-bond donors (Lipinski definition) is 3. The van der Waals surface area contributed by atoms with E-state index in [0.29, 0.717) is 12.8 Å². The SMILES string of the molecule is NC(CCC(=O)O)C(=O)NC1CCS(=O)(=O)CC1. The highest BCUT2D eigenvalue weighted by Gasteiger charge is 2.26. The number of rotatable bonds is 5. The molecule has 1 fully saturated rings. The van der Waals surface area contributed by atoms with Gasteiger partial charge in [-0.25, -0.2) is 8.42 Å². The van der Waals surface area contributed by atoms with E-state index < -0.39 is 27.8 Å². The molecule has 8 heteroatoms. The first kappa shape index (κ1) is 14.9. The summed E-state index contributed by atoms with van der Waals surface area (Å²) in [7, 11) is -2.95. The van der Waals surface area contributed by atoms with Crippen molar-refractivity contribution in [3.05, 3.63) is 0 Å². The molecule has 0 radical (unpaired) electrons. The summed E-state index contributed by atoms with van der Waals surface area (Å²) in [5.74, 6) is -1.27. The molecule has 104 valence electrons. The van der Waals surface area contributed by atoms with Crippen LogP contribution in [-0.4, -0.2) is 49.0 Å². The zero-order chi connectivity index (χ0) is 13.8. The Kier molecular flexibility index (Phi) is 5.09. The van der Waals surface area contributed by atoms with E-state index in [1.165, 1.54) is 0 Å². The molecule has 0 bridgehead atoms. The van der Waals surface area contributed by atoms with E-state index in [2.05, 4.69) is 5.32 Å². The van der Waals surface area contributed by atoms with Crippen LogP contribution in [0.4, 0.5) is 0 Å². The number of nitrogens with two attached hydrogens (primary N) is 1. The quantitative estimate of drug-likeness (QED) is 0.584. The molecular weight excluding hydrogens is 260 g/mol. The lowest BCUT2D eigenvalue weighted by molar-refractivity contribution is -0.137. The second-order valence-electron chi connectivity index (χ2n) is 4.47. The monoisotopic (exact) mass is 278 g/mol. The summed E-state index contributed by atoms with van der Waals surface area (Å²) in [6.45, 7) is 0. The molecular formula is C10H18N2O5S. The van der Waals surface area contributed by atoms with Crippen molar-refractivity contribution in [1.29, 1.82) is 0 Å². The molecule has 7 nitrogen and oxygen atoms in total. The van der Waals surface area contributed by atoms with Gasteiger partial charge in [-0.2, -0.15) is 0 Å². The maximum atomic E-state index is 11.6. The van der Waals surface area contributed by atoms with Gasteiger partial charge >= 0.3 is 5.97 Å². The van der Waals surface area contributed by atoms with Crippen LogP contribution in [0.1, 0.15) is 25.7 Å². The standard InChI is InChI=1S/C10H18N2O5S/c11-8(1-2-9(13)14)10(15)12-7-3-5-18(16,17)6-4-7/h7-8H,1-6,11H2,(H,12,15)(H,13,14). The predicted octanol–water partition coefficient (Wildman–Crippen LogP) is -1.13. The van der Waals surface area contributed by atoms with Gasteiger partial charge < -0.3 is 16.2 Å². The third kappa shape index (κ3) is 5.01. The Labute approximate surface area is 106 Å². The first-order valence-electron chi connectivity index (χ1n) is 5.78. The maximum absolute atomic E-state index is 11.6. The van der Waals surface area contributed by atoms with Gasteiger partial charge in [-0.15, -0.1) is 0 Å². The zero-order valence-electron chi connectivity index (χ0n) is 9.96. The Hall–Kier alpha value is -1.15. The molecule has 1 rings (SSSR count). The van der Waals surface area contributed by atoms with E-state index in [1.807, 2.05) is 0 Å². The summed E-state index contributed by atoms with van der Waals surface area (Å²) in [5.41, 5.74) is 5.54. The first-order chi connectivity index (χ1) is 8.30. The van der Waals surface area contributed by atoms with Crippen LogP contribution in [0.3, 0.4) is 0 Å². The molecule has 4 N–H and O–H groups in total.